The maximum absolute atomic E-state index is 8.09. The van der Waals surface area contributed by atoms with Crippen molar-refractivity contribution in [3.63, 3.8) is 0 Å². The summed E-state index contributed by atoms with van der Waals surface area (Å²) >= 11 is 0. The molecule has 12 heavy (non-hydrogen) atoms. The van der Waals surface area contributed by atoms with Crippen LogP contribution in [0.3, 0.4) is 0 Å². The van der Waals surface area contributed by atoms with Crippen molar-refractivity contribution >= 4 is 0 Å². The first-order chi connectivity index (χ1) is 5.68. The predicted molar refractivity (Wildman–Crippen MR) is 50.1 cm³/mol. The van der Waals surface area contributed by atoms with Crippen molar-refractivity contribution in [2.45, 2.75) is 20.8 Å². The first-order valence-electron chi connectivity index (χ1n) is 4.08. The van der Waals surface area contributed by atoms with Crippen molar-refractivity contribution in [1.82, 2.24) is 0 Å². The molecule has 0 atom stereocenters. The van der Waals surface area contributed by atoms with E-state index in [1.54, 1.807) is 0 Å². The molecular formula is C9H20O3. The highest BCUT2D eigenvalue weighted by Crippen LogP contribution is 1.82. The first kappa shape index (κ1) is 14.2. The van der Waals surface area contributed by atoms with E-state index in [1.807, 2.05) is 6.92 Å². The summed E-state index contributed by atoms with van der Waals surface area (Å²) in [5.74, 6) is 0. The van der Waals surface area contributed by atoms with Crippen LogP contribution in [0.25, 0.3) is 0 Å². The quantitative estimate of drug-likeness (QED) is 0.495. The lowest BCUT2D eigenvalue weighted by molar-refractivity contribution is 0.0650. The van der Waals surface area contributed by atoms with Crippen LogP contribution in [-0.4, -0.2) is 36.6 Å². The molecule has 0 aromatic rings. The summed E-state index contributed by atoms with van der Waals surface area (Å²) in [7, 11) is 0. The van der Waals surface area contributed by atoms with Crippen LogP contribution >= 0.6 is 0 Å². The molecule has 0 bridgehead atoms. The molecule has 3 heteroatoms. The van der Waals surface area contributed by atoms with Crippen molar-refractivity contribution in [3.05, 3.63) is 11.6 Å². The minimum absolute atomic E-state index is 0.0278. The lowest BCUT2D eigenvalue weighted by atomic mass is 10.3. The summed E-state index contributed by atoms with van der Waals surface area (Å²) in [6.07, 6.45) is 2.08. The standard InChI is InChI=1S/C5H10.C4H10O3/c1-4-5(2)3;5-1-3-7-4-2-6/h4H,1-3H3;5-6H,1-4H2. The summed E-state index contributed by atoms with van der Waals surface area (Å²) in [5.41, 5.74) is 1.38. The van der Waals surface area contributed by atoms with Crippen LogP contribution < -0.4 is 0 Å². The van der Waals surface area contributed by atoms with Crippen LogP contribution in [0.4, 0.5) is 0 Å². The highest BCUT2D eigenvalue weighted by Gasteiger charge is 1.79. The van der Waals surface area contributed by atoms with E-state index in [2.05, 4.69) is 24.7 Å². The molecule has 0 aliphatic carbocycles. The number of hydrogen-bond donors (Lipinski definition) is 2. The lowest BCUT2D eigenvalue weighted by Gasteiger charge is -1.94. The third-order valence-corrected chi connectivity index (χ3v) is 1.05. The van der Waals surface area contributed by atoms with E-state index < -0.39 is 0 Å². The van der Waals surface area contributed by atoms with Crippen LogP contribution in [0.1, 0.15) is 20.8 Å². The average Bonchev–Trinajstić information content (AvgIpc) is 2.07. The Morgan fingerprint density at radius 2 is 1.50 bits per heavy atom. The van der Waals surface area contributed by atoms with Gasteiger partial charge >= 0.3 is 0 Å². The maximum atomic E-state index is 8.09. The Hall–Kier alpha value is -0.380. The molecule has 0 saturated heterocycles. The molecule has 0 fully saturated rings. The Labute approximate surface area is 74.7 Å². The van der Waals surface area contributed by atoms with E-state index in [0.717, 1.165) is 0 Å². The number of hydrogen-bond acceptors (Lipinski definition) is 3. The first-order valence-corrected chi connectivity index (χ1v) is 4.08. The molecule has 3 nitrogen and oxygen atoms in total. The van der Waals surface area contributed by atoms with Gasteiger partial charge in [-0.05, 0) is 20.8 Å². The summed E-state index contributed by atoms with van der Waals surface area (Å²) in [6.45, 7) is 6.90. The molecular weight excluding hydrogens is 156 g/mol. The van der Waals surface area contributed by atoms with Gasteiger partial charge in [0.15, 0.2) is 0 Å². The molecule has 0 rings (SSSR count). The fourth-order valence-electron chi connectivity index (χ4n) is 0.231. The highest BCUT2D eigenvalue weighted by molar-refractivity contribution is 4.88. The number of allylic oxidation sites excluding steroid dienone is 2. The summed E-state index contributed by atoms with van der Waals surface area (Å²) in [5, 5.41) is 16.2. The largest absolute Gasteiger partial charge is 0.394 e. The maximum Gasteiger partial charge on any atom is 0.0698 e. The van der Waals surface area contributed by atoms with Gasteiger partial charge in [0, 0.05) is 0 Å². The molecule has 0 spiro atoms. The van der Waals surface area contributed by atoms with Crippen LogP contribution in [0.5, 0.6) is 0 Å². The molecule has 0 aliphatic heterocycles. The van der Waals surface area contributed by atoms with Gasteiger partial charge < -0.3 is 14.9 Å². The molecule has 0 aromatic heterocycles. The number of rotatable bonds is 4. The zero-order valence-corrected chi connectivity index (χ0v) is 8.21. The van der Waals surface area contributed by atoms with Gasteiger partial charge in [-0.2, -0.15) is 0 Å². The van der Waals surface area contributed by atoms with Crippen LogP contribution in [-0.2, 0) is 4.74 Å². The molecule has 2 N–H and O–H groups in total. The van der Waals surface area contributed by atoms with Gasteiger partial charge in [0.05, 0.1) is 26.4 Å². The molecule has 74 valence electrons. The van der Waals surface area contributed by atoms with Gasteiger partial charge in [0.25, 0.3) is 0 Å². The Bertz CT molecular complexity index is 91.9. The van der Waals surface area contributed by atoms with E-state index in [9.17, 15) is 0 Å². The Morgan fingerprint density at radius 3 is 1.67 bits per heavy atom. The fraction of sp³-hybridized carbons (Fsp3) is 0.778. The van der Waals surface area contributed by atoms with Crippen LogP contribution in [0, 0.1) is 0 Å². The molecule has 0 radical (unpaired) electrons. The van der Waals surface area contributed by atoms with Crippen molar-refractivity contribution in [2.75, 3.05) is 26.4 Å². The van der Waals surface area contributed by atoms with Crippen molar-refractivity contribution in [1.29, 1.82) is 0 Å². The molecule has 0 heterocycles. The SMILES string of the molecule is CC=C(C)C.OCCOCCO. The monoisotopic (exact) mass is 176 g/mol. The Kier molecular flexibility index (Phi) is 15.6. The van der Waals surface area contributed by atoms with E-state index in [1.165, 1.54) is 5.57 Å². The van der Waals surface area contributed by atoms with Gasteiger partial charge in [-0.3, -0.25) is 0 Å². The zero-order chi connectivity index (χ0) is 9.82. The predicted octanol–water partition coefficient (Wildman–Crippen LogP) is 0.960. The van der Waals surface area contributed by atoms with Gasteiger partial charge in [0.2, 0.25) is 0 Å². The normalized spacial score (nSPS) is 8.42. The molecule has 0 aliphatic rings. The van der Waals surface area contributed by atoms with Gasteiger partial charge in [-0.15, -0.1) is 0 Å². The Balaban J connectivity index is 0. The second-order valence-corrected chi connectivity index (χ2v) is 2.43. The van der Waals surface area contributed by atoms with Crippen molar-refractivity contribution < 1.29 is 14.9 Å². The molecule has 0 amide bonds. The zero-order valence-electron chi connectivity index (χ0n) is 8.21. The summed E-state index contributed by atoms with van der Waals surface area (Å²) in [4.78, 5) is 0. The second kappa shape index (κ2) is 13.2. The third-order valence-electron chi connectivity index (χ3n) is 1.05. The van der Waals surface area contributed by atoms with Crippen LogP contribution in [0.15, 0.2) is 11.6 Å². The molecule has 0 aromatic carbocycles. The minimum atomic E-state index is 0.0278. The number of aliphatic hydroxyl groups is 2. The molecule has 0 saturated carbocycles. The number of aliphatic hydroxyl groups excluding tert-OH is 2. The van der Waals surface area contributed by atoms with E-state index in [0.29, 0.717) is 13.2 Å². The third kappa shape index (κ3) is 22.6. The number of ether oxygens (including phenoxy) is 1. The van der Waals surface area contributed by atoms with E-state index >= 15 is 0 Å². The highest BCUT2D eigenvalue weighted by atomic mass is 16.5. The second-order valence-electron chi connectivity index (χ2n) is 2.43. The van der Waals surface area contributed by atoms with E-state index in [4.69, 9.17) is 10.2 Å². The smallest absolute Gasteiger partial charge is 0.0698 e. The van der Waals surface area contributed by atoms with Gasteiger partial charge in [-0.1, -0.05) is 11.6 Å². The van der Waals surface area contributed by atoms with Crippen molar-refractivity contribution in [2.24, 2.45) is 0 Å². The van der Waals surface area contributed by atoms with Gasteiger partial charge in [-0.25, -0.2) is 0 Å². The topological polar surface area (TPSA) is 49.7 Å². The molecule has 0 unspecified atom stereocenters. The van der Waals surface area contributed by atoms with E-state index in [-0.39, 0.29) is 13.2 Å². The summed E-state index contributed by atoms with van der Waals surface area (Å²) in [6, 6.07) is 0. The van der Waals surface area contributed by atoms with Gasteiger partial charge in [0.1, 0.15) is 0 Å². The Morgan fingerprint density at radius 1 is 1.17 bits per heavy atom. The minimum Gasteiger partial charge on any atom is -0.394 e. The summed E-state index contributed by atoms with van der Waals surface area (Å²) < 4.78 is 4.63. The lowest BCUT2D eigenvalue weighted by Crippen LogP contribution is -2.03. The fourth-order valence-corrected chi connectivity index (χ4v) is 0.231. The average molecular weight is 176 g/mol. The van der Waals surface area contributed by atoms with Crippen LogP contribution in [0.2, 0.25) is 0 Å². The van der Waals surface area contributed by atoms with Crippen molar-refractivity contribution in [3.8, 4) is 0 Å².